The Bertz CT molecular complexity index is 1810. The van der Waals surface area contributed by atoms with Crippen molar-refractivity contribution in [2.45, 2.75) is 44.6 Å². The standard InChI is InChI=1S/C39H42N6O6/c1-29(46)37(39(48)49)41-34-13-8-14-35(25-34)50-28-40-36(38(47)42-32-15-20-44(21-16-32)26-30-9-4-2-5-10-30)19-24-51-43-33-17-22-45(23-18-33)27-31-11-6-3-7-12-31/h2-18,20-23,25,29,36-37,40-41,46H,19,24,26-28H2,1H3,(H,48,49)/p+1. The molecule has 0 aliphatic carbocycles. The van der Waals surface area contributed by atoms with Gasteiger partial charge in [-0.2, -0.15) is 0 Å². The Balaban J connectivity index is 1.16. The SMILES string of the molecule is CC(O)C(Nc1cccc(OCNC(CCONc2cc[n+](Cc3ccccc3)cc2)C(=O)Nc2cc[n+](Cc3ccccc3)cc2)c1)C(=O)[O-]. The maximum atomic E-state index is 13.5. The van der Waals surface area contributed by atoms with Crippen molar-refractivity contribution in [3.63, 3.8) is 0 Å². The second-order valence-corrected chi connectivity index (χ2v) is 12.0. The summed E-state index contributed by atoms with van der Waals surface area (Å²) in [5, 5.41) is 30.0. The van der Waals surface area contributed by atoms with Gasteiger partial charge in [0.25, 0.3) is 0 Å². The van der Waals surface area contributed by atoms with Crippen LogP contribution >= 0.6 is 0 Å². The molecule has 0 saturated carbocycles. The van der Waals surface area contributed by atoms with Crippen LogP contribution < -0.4 is 40.4 Å². The largest absolute Gasteiger partial charge is 0.548 e. The molecule has 0 radical (unpaired) electrons. The molecule has 0 aliphatic rings. The van der Waals surface area contributed by atoms with Crippen LogP contribution in [0.4, 0.5) is 17.1 Å². The highest BCUT2D eigenvalue weighted by molar-refractivity contribution is 5.94. The fourth-order valence-electron chi connectivity index (χ4n) is 5.19. The second kappa shape index (κ2) is 18.8. The highest BCUT2D eigenvalue weighted by atomic mass is 16.6. The quantitative estimate of drug-likeness (QED) is 0.0381. The van der Waals surface area contributed by atoms with Gasteiger partial charge in [0.05, 0.1) is 42.1 Å². The number of carboxylic acids is 1. The van der Waals surface area contributed by atoms with Gasteiger partial charge in [-0.1, -0.05) is 66.7 Å². The van der Waals surface area contributed by atoms with Gasteiger partial charge in [0.1, 0.15) is 12.5 Å². The number of aromatic nitrogens is 2. The minimum Gasteiger partial charge on any atom is -0.548 e. The first-order chi connectivity index (χ1) is 24.8. The smallest absolute Gasteiger partial charge is 0.241 e. The number of anilines is 3. The number of hydrogen-bond acceptors (Lipinski definition) is 9. The first-order valence-corrected chi connectivity index (χ1v) is 16.7. The minimum atomic E-state index is -1.42. The maximum absolute atomic E-state index is 13.5. The molecule has 0 fully saturated rings. The summed E-state index contributed by atoms with van der Waals surface area (Å²) in [7, 11) is 0. The number of amides is 1. The van der Waals surface area contributed by atoms with Gasteiger partial charge < -0.3 is 30.4 Å². The zero-order valence-electron chi connectivity index (χ0n) is 28.4. The van der Waals surface area contributed by atoms with Gasteiger partial charge in [-0.25, -0.2) is 9.13 Å². The zero-order valence-corrected chi connectivity index (χ0v) is 28.4. The van der Waals surface area contributed by atoms with Gasteiger partial charge in [0.15, 0.2) is 37.9 Å². The third-order valence-corrected chi connectivity index (χ3v) is 7.94. The summed E-state index contributed by atoms with van der Waals surface area (Å²) in [5.74, 6) is -1.27. The molecule has 5 aromatic rings. The molecule has 0 saturated heterocycles. The molecular weight excluding hydrogens is 648 g/mol. The summed E-state index contributed by atoms with van der Waals surface area (Å²) in [4.78, 5) is 30.6. The van der Waals surface area contributed by atoms with Crippen LogP contribution in [0.3, 0.4) is 0 Å². The van der Waals surface area contributed by atoms with Crippen molar-refractivity contribution < 1.29 is 38.5 Å². The molecule has 2 aromatic heterocycles. The highest BCUT2D eigenvalue weighted by Gasteiger charge is 2.20. The molecule has 1 amide bonds. The van der Waals surface area contributed by atoms with Crippen molar-refractivity contribution in [3.8, 4) is 5.75 Å². The predicted molar refractivity (Wildman–Crippen MR) is 190 cm³/mol. The number of carbonyl (C=O) groups is 2. The lowest BCUT2D eigenvalue weighted by Gasteiger charge is -2.23. The van der Waals surface area contributed by atoms with Crippen LogP contribution in [-0.4, -0.2) is 48.5 Å². The number of aliphatic hydroxyl groups is 1. The molecule has 51 heavy (non-hydrogen) atoms. The molecule has 0 spiro atoms. The van der Waals surface area contributed by atoms with Gasteiger partial charge in [-0.05, 0) is 25.5 Å². The summed E-state index contributed by atoms with van der Waals surface area (Å²) in [5.41, 5.74) is 7.16. The van der Waals surface area contributed by atoms with Gasteiger partial charge in [-0.3, -0.25) is 20.4 Å². The van der Waals surface area contributed by atoms with E-state index in [0.29, 0.717) is 30.1 Å². The summed E-state index contributed by atoms with van der Waals surface area (Å²) < 4.78 is 9.96. The van der Waals surface area contributed by atoms with Crippen molar-refractivity contribution >= 4 is 28.9 Å². The van der Waals surface area contributed by atoms with E-state index in [2.05, 4.69) is 50.3 Å². The van der Waals surface area contributed by atoms with Gasteiger partial charge in [-0.15, -0.1) is 0 Å². The van der Waals surface area contributed by atoms with Crippen molar-refractivity contribution in [2.75, 3.05) is 29.5 Å². The molecule has 2 heterocycles. The minimum absolute atomic E-state index is 0.0265. The third-order valence-electron chi connectivity index (χ3n) is 7.94. The average Bonchev–Trinajstić information content (AvgIpc) is 3.14. The maximum Gasteiger partial charge on any atom is 0.241 e. The lowest BCUT2D eigenvalue weighted by molar-refractivity contribution is -0.688. The number of nitrogens with zero attached hydrogens (tertiary/aromatic N) is 2. The summed E-state index contributed by atoms with van der Waals surface area (Å²) >= 11 is 0. The molecule has 3 atom stereocenters. The molecule has 0 bridgehead atoms. The summed E-state index contributed by atoms with van der Waals surface area (Å²) in [6.45, 7) is 3.01. The Morgan fingerprint density at radius 2 is 1.35 bits per heavy atom. The first-order valence-electron chi connectivity index (χ1n) is 16.7. The van der Waals surface area contributed by atoms with Crippen LogP contribution in [0.15, 0.2) is 134 Å². The van der Waals surface area contributed by atoms with Crippen molar-refractivity contribution in [1.82, 2.24) is 5.32 Å². The number of ether oxygens (including phenoxy) is 1. The van der Waals surface area contributed by atoms with Crippen molar-refractivity contribution in [2.24, 2.45) is 0 Å². The number of carboxylic acid groups (broad SMARTS) is 1. The Hall–Kier alpha value is -5.82. The molecule has 0 aliphatic heterocycles. The number of aliphatic carboxylic acids is 1. The van der Waals surface area contributed by atoms with E-state index >= 15 is 0 Å². The van der Waals surface area contributed by atoms with E-state index in [9.17, 15) is 19.8 Å². The van der Waals surface area contributed by atoms with E-state index in [-0.39, 0.29) is 19.2 Å². The molecule has 5 N–H and O–H groups in total. The van der Waals surface area contributed by atoms with Crippen LogP contribution in [0.25, 0.3) is 0 Å². The topological polar surface area (TPSA) is 152 Å². The van der Waals surface area contributed by atoms with Gasteiger partial charge in [0, 0.05) is 47.1 Å². The fourth-order valence-corrected chi connectivity index (χ4v) is 5.19. The lowest BCUT2D eigenvalue weighted by atomic mass is 10.1. The number of hydrogen-bond donors (Lipinski definition) is 5. The zero-order chi connectivity index (χ0) is 35.8. The molecule has 3 aromatic carbocycles. The number of pyridine rings is 2. The van der Waals surface area contributed by atoms with Crippen LogP contribution in [0.5, 0.6) is 5.75 Å². The Kier molecular flexibility index (Phi) is 13.4. The number of carbonyl (C=O) groups excluding carboxylic acids is 2. The normalized spacial score (nSPS) is 12.7. The van der Waals surface area contributed by atoms with Crippen molar-refractivity contribution in [1.29, 1.82) is 0 Å². The number of aliphatic hydroxyl groups excluding tert-OH is 1. The van der Waals surface area contributed by atoms with Gasteiger partial charge >= 0.3 is 0 Å². The fraction of sp³-hybridized carbons (Fsp3) is 0.231. The molecule has 12 nitrogen and oxygen atoms in total. The predicted octanol–water partition coefficient (Wildman–Crippen LogP) is 2.64. The summed E-state index contributed by atoms with van der Waals surface area (Å²) in [6, 6.07) is 32.5. The summed E-state index contributed by atoms with van der Waals surface area (Å²) in [6.07, 6.45) is 6.89. The van der Waals surface area contributed by atoms with E-state index < -0.39 is 24.2 Å². The van der Waals surface area contributed by atoms with Crippen LogP contribution in [0, 0.1) is 0 Å². The van der Waals surface area contributed by atoms with Gasteiger partial charge in [0.2, 0.25) is 5.91 Å². The number of nitrogens with one attached hydrogen (secondary N) is 4. The van der Waals surface area contributed by atoms with E-state index in [1.807, 2.05) is 90.0 Å². The lowest BCUT2D eigenvalue weighted by Crippen LogP contribution is -2.47. The Labute approximate surface area is 297 Å². The molecule has 5 rings (SSSR count). The Morgan fingerprint density at radius 1 is 0.765 bits per heavy atom. The molecular formula is C39H43N6O6+. The molecule has 12 heteroatoms. The highest BCUT2D eigenvalue weighted by Crippen LogP contribution is 2.19. The number of rotatable bonds is 19. The average molecular weight is 692 g/mol. The van der Waals surface area contributed by atoms with E-state index in [1.54, 1.807) is 24.3 Å². The van der Waals surface area contributed by atoms with E-state index in [0.717, 1.165) is 12.2 Å². The van der Waals surface area contributed by atoms with Crippen LogP contribution in [-0.2, 0) is 27.5 Å². The van der Waals surface area contributed by atoms with E-state index in [1.165, 1.54) is 18.1 Å². The first kappa shape index (κ1) is 36.5. The van der Waals surface area contributed by atoms with E-state index in [4.69, 9.17) is 9.57 Å². The molecule has 3 unspecified atom stereocenters. The third kappa shape index (κ3) is 11.9. The second-order valence-electron chi connectivity index (χ2n) is 12.0. The van der Waals surface area contributed by atoms with Crippen LogP contribution in [0.1, 0.15) is 24.5 Å². The van der Waals surface area contributed by atoms with Crippen LogP contribution in [0.2, 0.25) is 0 Å². The monoisotopic (exact) mass is 691 g/mol. The molecule has 264 valence electrons. The van der Waals surface area contributed by atoms with Crippen molar-refractivity contribution in [3.05, 3.63) is 145 Å². The number of benzene rings is 3. The Morgan fingerprint density at radius 3 is 1.92 bits per heavy atom.